The molecule has 1 aromatic carbocycles. The fourth-order valence-corrected chi connectivity index (χ4v) is 1.76. The summed E-state index contributed by atoms with van der Waals surface area (Å²) in [6.07, 6.45) is -0.823. The first-order valence-corrected chi connectivity index (χ1v) is 7.30. The van der Waals surface area contributed by atoms with Gasteiger partial charge in [0, 0.05) is 0 Å². The molecule has 1 rings (SSSR count). The number of nitrogens with one attached hydrogen (secondary N) is 2. The minimum Gasteiger partial charge on any atom is -0.330 e. The van der Waals surface area contributed by atoms with E-state index in [-0.39, 0.29) is 0 Å². The van der Waals surface area contributed by atoms with Gasteiger partial charge in [0.25, 0.3) is 11.8 Å². The Morgan fingerprint density at radius 1 is 0.950 bits per heavy atom. The van der Waals surface area contributed by atoms with Gasteiger partial charge in [-0.1, -0.05) is 70.7 Å². The molecule has 2 amide bonds. The average molecular weight is 358 g/mol. The van der Waals surface area contributed by atoms with E-state index in [1.54, 1.807) is 12.1 Å². The molecule has 4 nitrogen and oxygen atoms in total. The molecule has 0 atom stereocenters. The zero-order valence-electron chi connectivity index (χ0n) is 10.4. The van der Waals surface area contributed by atoms with Crippen LogP contribution in [0.25, 0.3) is 0 Å². The minimum absolute atomic E-state index is 0.636. The van der Waals surface area contributed by atoms with Gasteiger partial charge < -0.3 is 10.6 Å². The molecule has 20 heavy (non-hydrogen) atoms. The van der Waals surface area contributed by atoms with Crippen molar-refractivity contribution in [3.05, 3.63) is 35.4 Å². The molecule has 1 aromatic rings. The molecule has 0 aliphatic rings. The average Bonchev–Trinajstić information content (AvgIpc) is 2.38. The predicted molar refractivity (Wildman–Crippen MR) is 81.2 cm³/mol. The van der Waals surface area contributed by atoms with E-state index in [2.05, 4.69) is 10.6 Å². The van der Waals surface area contributed by atoms with Crippen molar-refractivity contribution < 1.29 is 9.59 Å². The number of benzene rings is 1. The van der Waals surface area contributed by atoms with Crippen LogP contribution in [0.15, 0.2) is 24.3 Å². The maximum atomic E-state index is 11.6. The number of alkyl halides is 4. The van der Waals surface area contributed by atoms with Gasteiger partial charge in [-0.25, -0.2) is 0 Å². The number of carbonyl (C=O) groups is 2. The molecule has 0 aliphatic heterocycles. The molecule has 0 radical (unpaired) electrons. The van der Waals surface area contributed by atoms with Crippen LogP contribution in [-0.2, 0) is 9.59 Å². The van der Waals surface area contributed by atoms with E-state index in [1.807, 2.05) is 19.1 Å². The summed E-state index contributed by atoms with van der Waals surface area (Å²) in [7, 11) is 0. The summed E-state index contributed by atoms with van der Waals surface area (Å²) >= 11 is 21.9. The van der Waals surface area contributed by atoms with Crippen LogP contribution in [0.3, 0.4) is 0 Å². The first-order valence-electron chi connectivity index (χ1n) is 5.55. The molecule has 0 aromatic heterocycles. The number of carbonyl (C=O) groups excluding carboxylic acids is 2. The Hall–Kier alpha value is -0.680. The molecule has 0 fully saturated rings. The van der Waals surface area contributed by atoms with Crippen LogP contribution in [0.4, 0.5) is 0 Å². The maximum absolute atomic E-state index is 11.6. The van der Waals surface area contributed by atoms with Crippen molar-refractivity contribution in [2.24, 2.45) is 0 Å². The van der Waals surface area contributed by atoms with Crippen LogP contribution in [0.2, 0.25) is 0 Å². The standard InChI is InChI=1S/C12H12Cl4N2O2/c1-6-4-2-3-5-7(6)10(17-11(19)8(13)14)18-12(20)9(15)16/h2-5,8-10H,1H3,(H,17,19)(H,18,20). The van der Waals surface area contributed by atoms with E-state index in [0.717, 1.165) is 5.56 Å². The summed E-state index contributed by atoms with van der Waals surface area (Å²) in [6.45, 7) is 1.83. The third-order valence-electron chi connectivity index (χ3n) is 2.47. The fourth-order valence-electron chi connectivity index (χ4n) is 1.51. The molecule has 8 heteroatoms. The maximum Gasteiger partial charge on any atom is 0.255 e. The van der Waals surface area contributed by atoms with Gasteiger partial charge in [0.2, 0.25) is 0 Å². The second-order valence-corrected chi connectivity index (χ2v) is 6.10. The second-order valence-electron chi connectivity index (χ2n) is 3.91. The van der Waals surface area contributed by atoms with Crippen LogP contribution in [0.1, 0.15) is 17.3 Å². The van der Waals surface area contributed by atoms with Gasteiger partial charge >= 0.3 is 0 Å². The molecule has 0 spiro atoms. The summed E-state index contributed by atoms with van der Waals surface area (Å²) < 4.78 is 0. The lowest BCUT2D eigenvalue weighted by Crippen LogP contribution is -2.44. The Labute approximate surface area is 136 Å². The molecule has 110 valence electrons. The zero-order chi connectivity index (χ0) is 15.3. The third-order valence-corrected chi connectivity index (χ3v) is 3.26. The van der Waals surface area contributed by atoms with Gasteiger partial charge in [-0.15, -0.1) is 0 Å². The first kappa shape index (κ1) is 17.4. The molecule has 2 N–H and O–H groups in total. The molecule has 0 bridgehead atoms. The van der Waals surface area contributed by atoms with Gasteiger partial charge in [-0.05, 0) is 18.1 Å². The van der Waals surface area contributed by atoms with Gasteiger partial charge in [-0.3, -0.25) is 9.59 Å². The van der Waals surface area contributed by atoms with Gasteiger partial charge in [-0.2, -0.15) is 0 Å². The summed E-state index contributed by atoms with van der Waals surface area (Å²) in [5.41, 5.74) is 1.54. The van der Waals surface area contributed by atoms with Crippen molar-refractivity contribution in [1.29, 1.82) is 0 Å². The lowest BCUT2D eigenvalue weighted by molar-refractivity contribution is -0.122. The molecular formula is C12H12Cl4N2O2. The van der Waals surface area contributed by atoms with E-state index >= 15 is 0 Å². The number of halogens is 4. The molecule has 0 unspecified atom stereocenters. The minimum atomic E-state index is -1.25. The van der Waals surface area contributed by atoms with Crippen LogP contribution in [-0.4, -0.2) is 21.5 Å². The summed E-state index contributed by atoms with van der Waals surface area (Å²) in [6, 6.07) is 7.18. The fraction of sp³-hybridized carbons (Fsp3) is 0.333. The predicted octanol–water partition coefficient (Wildman–Crippen LogP) is 2.83. The van der Waals surface area contributed by atoms with E-state index < -0.39 is 27.7 Å². The summed E-state index contributed by atoms with van der Waals surface area (Å²) in [5.74, 6) is -1.27. The lowest BCUT2D eigenvalue weighted by atomic mass is 10.1. The number of rotatable bonds is 5. The van der Waals surface area contributed by atoms with Crippen molar-refractivity contribution in [3.63, 3.8) is 0 Å². The van der Waals surface area contributed by atoms with E-state index in [9.17, 15) is 9.59 Å². The normalized spacial score (nSPS) is 11.0. The Kier molecular flexibility index (Phi) is 6.89. The van der Waals surface area contributed by atoms with Crippen molar-refractivity contribution in [1.82, 2.24) is 10.6 Å². The number of aryl methyl sites for hydroxylation is 1. The monoisotopic (exact) mass is 356 g/mol. The van der Waals surface area contributed by atoms with Crippen LogP contribution in [0.5, 0.6) is 0 Å². The molecular weight excluding hydrogens is 346 g/mol. The Balaban J connectivity index is 2.98. The van der Waals surface area contributed by atoms with Gasteiger partial charge in [0.1, 0.15) is 6.17 Å². The number of hydrogen-bond donors (Lipinski definition) is 2. The Morgan fingerprint density at radius 3 is 1.80 bits per heavy atom. The summed E-state index contributed by atoms with van der Waals surface area (Å²) in [4.78, 5) is 20.7. The van der Waals surface area contributed by atoms with E-state index in [0.29, 0.717) is 5.56 Å². The second kappa shape index (κ2) is 7.93. The Morgan fingerprint density at radius 2 is 1.40 bits per heavy atom. The van der Waals surface area contributed by atoms with Crippen LogP contribution < -0.4 is 10.6 Å². The van der Waals surface area contributed by atoms with Crippen molar-refractivity contribution in [3.8, 4) is 0 Å². The van der Waals surface area contributed by atoms with Gasteiger partial charge in [0.05, 0.1) is 0 Å². The largest absolute Gasteiger partial charge is 0.330 e. The van der Waals surface area contributed by atoms with E-state index in [4.69, 9.17) is 46.4 Å². The van der Waals surface area contributed by atoms with Crippen LogP contribution in [0, 0.1) is 6.92 Å². The first-order chi connectivity index (χ1) is 9.32. The molecule has 0 saturated carbocycles. The van der Waals surface area contributed by atoms with E-state index in [1.165, 1.54) is 0 Å². The molecule has 0 aliphatic carbocycles. The van der Waals surface area contributed by atoms with Crippen molar-refractivity contribution >= 4 is 58.2 Å². The highest BCUT2D eigenvalue weighted by Crippen LogP contribution is 2.17. The SMILES string of the molecule is Cc1ccccc1C(NC(=O)C(Cl)Cl)NC(=O)C(Cl)Cl. The number of hydrogen-bond acceptors (Lipinski definition) is 2. The lowest BCUT2D eigenvalue weighted by Gasteiger charge is -2.22. The smallest absolute Gasteiger partial charge is 0.255 e. The Bertz CT molecular complexity index is 472. The summed E-state index contributed by atoms with van der Waals surface area (Å²) in [5, 5.41) is 5.01. The number of amides is 2. The third kappa shape index (κ3) is 5.02. The highest BCUT2D eigenvalue weighted by atomic mass is 35.5. The molecule has 0 saturated heterocycles. The highest BCUT2D eigenvalue weighted by molar-refractivity contribution is 6.54. The zero-order valence-corrected chi connectivity index (χ0v) is 13.4. The van der Waals surface area contributed by atoms with Gasteiger partial charge in [0.15, 0.2) is 9.67 Å². The highest BCUT2D eigenvalue weighted by Gasteiger charge is 2.23. The molecule has 0 heterocycles. The quantitative estimate of drug-likeness (QED) is 0.628. The van der Waals surface area contributed by atoms with Crippen molar-refractivity contribution in [2.45, 2.75) is 22.8 Å². The van der Waals surface area contributed by atoms with Crippen molar-refractivity contribution in [2.75, 3.05) is 0 Å². The van der Waals surface area contributed by atoms with Crippen LogP contribution >= 0.6 is 46.4 Å². The topological polar surface area (TPSA) is 58.2 Å².